The van der Waals surface area contributed by atoms with Gasteiger partial charge in [0.25, 0.3) is 6.26 Å². The Hall–Kier alpha value is -3.98. The number of nitrogens with zero attached hydrogens (tertiary/aromatic N) is 2. The molecule has 1 N–H and O–H groups in total. The van der Waals surface area contributed by atoms with Gasteiger partial charge in [-0.05, 0) is 26.2 Å². The van der Waals surface area contributed by atoms with Crippen molar-refractivity contribution in [2.24, 2.45) is 10.4 Å². The van der Waals surface area contributed by atoms with Crippen LogP contribution < -0.4 is 5.32 Å². The van der Waals surface area contributed by atoms with Crippen LogP contribution in [0.5, 0.6) is 0 Å². The van der Waals surface area contributed by atoms with Crippen LogP contribution in [0.1, 0.15) is 26.2 Å². The van der Waals surface area contributed by atoms with E-state index in [1.807, 2.05) is 0 Å². The van der Waals surface area contributed by atoms with Crippen molar-refractivity contribution in [3.63, 3.8) is 0 Å². The Morgan fingerprint density at radius 2 is 1.64 bits per heavy atom. The van der Waals surface area contributed by atoms with Gasteiger partial charge in [-0.15, -0.1) is 13.2 Å². The number of amides is 1. The average Bonchev–Trinajstić information content (AvgIpc) is 2.92. The molecule has 1 unspecified atom stereocenters. The van der Waals surface area contributed by atoms with Crippen LogP contribution in [-0.2, 0) is 42.8 Å². The van der Waals surface area contributed by atoms with E-state index < -0.39 is 29.5 Å². The molecular formula is C26H37N3O10. The molecule has 1 atom stereocenters. The molecule has 216 valence electrons. The van der Waals surface area contributed by atoms with E-state index >= 15 is 0 Å². The Morgan fingerprint density at radius 1 is 1.00 bits per heavy atom. The maximum absolute atomic E-state index is 12.3. The molecule has 0 bridgehead atoms. The van der Waals surface area contributed by atoms with Gasteiger partial charge < -0.3 is 33.7 Å². The monoisotopic (exact) mass is 551 g/mol. The number of esters is 2. The van der Waals surface area contributed by atoms with Crippen LogP contribution in [0.3, 0.4) is 0 Å². The van der Waals surface area contributed by atoms with Crippen molar-refractivity contribution in [2.75, 3.05) is 59.4 Å². The number of carbonyl (C=O) groups is 3. The molecule has 39 heavy (non-hydrogen) atoms. The first-order valence-electron chi connectivity index (χ1n) is 12.1. The van der Waals surface area contributed by atoms with Crippen LogP contribution in [0.4, 0.5) is 4.79 Å². The van der Waals surface area contributed by atoms with Crippen LogP contribution in [0.15, 0.2) is 42.5 Å². The zero-order valence-electron chi connectivity index (χ0n) is 22.3. The van der Waals surface area contributed by atoms with Crippen molar-refractivity contribution in [3.05, 3.63) is 37.5 Å². The Morgan fingerprint density at radius 3 is 2.21 bits per heavy atom. The van der Waals surface area contributed by atoms with Crippen LogP contribution >= 0.6 is 0 Å². The fraction of sp³-hybridized carbons (Fsp3) is 0.577. The normalized spacial score (nSPS) is 11.1. The quantitative estimate of drug-likeness (QED) is 0.0288. The first-order valence-corrected chi connectivity index (χ1v) is 12.1. The summed E-state index contributed by atoms with van der Waals surface area (Å²) in [5.41, 5.74) is -0.843. The van der Waals surface area contributed by atoms with E-state index in [2.05, 4.69) is 34.8 Å². The number of hydrogen-bond donors (Lipinski definition) is 1. The van der Waals surface area contributed by atoms with Crippen molar-refractivity contribution in [3.8, 4) is 6.26 Å². The maximum atomic E-state index is 12.3. The Kier molecular flexibility index (Phi) is 19.8. The molecule has 0 aliphatic rings. The molecule has 0 aromatic rings. The molecule has 0 fully saturated rings. The molecule has 0 aromatic carbocycles. The number of aliphatic imine (C=N–C) groups is 1. The number of nitrogens with one attached hydrogen (secondary N) is 1. The summed E-state index contributed by atoms with van der Waals surface area (Å²) >= 11 is 0. The van der Waals surface area contributed by atoms with Gasteiger partial charge in [0.05, 0.1) is 38.4 Å². The Balaban J connectivity index is 4.89. The summed E-state index contributed by atoms with van der Waals surface area (Å²) in [6, 6.07) is -1.05. The van der Waals surface area contributed by atoms with Crippen LogP contribution in [0.25, 0.3) is 0 Å². The summed E-state index contributed by atoms with van der Waals surface area (Å²) in [6.45, 7) is 12.2. The second-order valence-electron chi connectivity index (χ2n) is 8.31. The summed E-state index contributed by atoms with van der Waals surface area (Å²) in [7, 11) is 0. The molecule has 1 amide bonds. The summed E-state index contributed by atoms with van der Waals surface area (Å²) in [5.74, 6) is -1.38. The van der Waals surface area contributed by atoms with Gasteiger partial charge in [-0.3, -0.25) is 0 Å². The number of alkyl carbamates (subject to hydrolysis) is 1. The third-order valence-corrected chi connectivity index (χ3v) is 4.79. The molecule has 0 aromatic heterocycles. The van der Waals surface area contributed by atoms with Gasteiger partial charge in [0, 0.05) is 5.57 Å². The Bertz CT molecular complexity index is 879. The zero-order chi connectivity index (χ0) is 29.4. The highest BCUT2D eigenvalue weighted by molar-refractivity contribution is 5.86. The van der Waals surface area contributed by atoms with E-state index in [4.69, 9.17) is 28.9 Å². The van der Waals surface area contributed by atoms with Gasteiger partial charge in [0.2, 0.25) is 6.08 Å². The highest BCUT2D eigenvalue weighted by Gasteiger charge is 2.35. The molecule has 0 saturated heterocycles. The minimum atomic E-state index is -1.05. The van der Waals surface area contributed by atoms with E-state index in [1.54, 1.807) is 0 Å². The molecule has 0 saturated carbocycles. The van der Waals surface area contributed by atoms with Gasteiger partial charge in [-0.25, -0.2) is 19.2 Å². The smallest absolute Gasteiger partial charge is 0.407 e. The van der Waals surface area contributed by atoms with Crippen molar-refractivity contribution >= 4 is 24.1 Å². The lowest BCUT2D eigenvalue weighted by Gasteiger charge is -2.32. The first-order chi connectivity index (χ1) is 18.7. The van der Waals surface area contributed by atoms with Gasteiger partial charge in [0.1, 0.15) is 26.4 Å². The lowest BCUT2D eigenvalue weighted by molar-refractivity contribution is -0.149. The van der Waals surface area contributed by atoms with E-state index in [9.17, 15) is 19.2 Å². The molecule has 0 aliphatic heterocycles. The molecular weight excluding hydrogens is 514 g/mol. The second-order valence-corrected chi connectivity index (χ2v) is 8.31. The molecule has 0 spiro atoms. The zero-order valence-corrected chi connectivity index (χ0v) is 22.3. The molecule has 0 heterocycles. The minimum absolute atomic E-state index is 0.0196. The van der Waals surface area contributed by atoms with Crippen LogP contribution in [-0.4, -0.2) is 89.6 Å². The molecule has 0 radical (unpaired) electrons. The number of ether oxygens (including phenoxy) is 6. The first kappa shape index (κ1) is 35.0. The predicted molar refractivity (Wildman–Crippen MR) is 138 cm³/mol. The van der Waals surface area contributed by atoms with E-state index in [0.29, 0.717) is 12.8 Å². The van der Waals surface area contributed by atoms with Crippen molar-refractivity contribution in [1.29, 1.82) is 5.26 Å². The van der Waals surface area contributed by atoms with E-state index in [-0.39, 0.29) is 71.4 Å². The SMILES string of the molecule is C=CCOCC(COCC=C)(COC(=O)NCCOC(=O)C(CCCCOC#N)N=C=O)COC(=O)C(=C)C. The Labute approximate surface area is 228 Å². The summed E-state index contributed by atoms with van der Waals surface area (Å²) < 4.78 is 31.3. The molecule has 13 nitrogen and oxygen atoms in total. The summed E-state index contributed by atoms with van der Waals surface area (Å²) in [6.07, 6.45) is 6.29. The van der Waals surface area contributed by atoms with Crippen molar-refractivity contribution in [1.82, 2.24) is 5.32 Å². The number of nitriles is 1. The van der Waals surface area contributed by atoms with Gasteiger partial charge in [0.15, 0.2) is 6.04 Å². The van der Waals surface area contributed by atoms with Crippen molar-refractivity contribution in [2.45, 2.75) is 32.2 Å². The number of carbonyl (C=O) groups excluding carboxylic acids is 4. The minimum Gasteiger partial charge on any atom is -0.462 e. The highest BCUT2D eigenvalue weighted by Crippen LogP contribution is 2.21. The van der Waals surface area contributed by atoms with Gasteiger partial charge in [-0.1, -0.05) is 18.7 Å². The van der Waals surface area contributed by atoms with E-state index in [0.717, 1.165) is 0 Å². The van der Waals surface area contributed by atoms with E-state index in [1.165, 1.54) is 31.4 Å². The predicted octanol–water partition coefficient (Wildman–Crippen LogP) is 2.14. The number of unbranched alkanes of at least 4 members (excludes halogenated alkanes) is 1. The largest absolute Gasteiger partial charge is 0.462 e. The highest BCUT2D eigenvalue weighted by atomic mass is 16.6. The fourth-order valence-corrected chi connectivity index (χ4v) is 2.84. The molecule has 13 heteroatoms. The van der Waals surface area contributed by atoms with Crippen LogP contribution in [0.2, 0.25) is 0 Å². The summed E-state index contributed by atoms with van der Waals surface area (Å²) in [5, 5.41) is 10.8. The number of rotatable bonds is 23. The van der Waals surface area contributed by atoms with Crippen LogP contribution in [0, 0.1) is 16.9 Å². The number of hydrogen-bond acceptors (Lipinski definition) is 12. The average molecular weight is 552 g/mol. The third-order valence-electron chi connectivity index (χ3n) is 4.79. The maximum Gasteiger partial charge on any atom is 0.407 e. The van der Waals surface area contributed by atoms with Gasteiger partial charge in [-0.2, -0.15) is 10.3 Å². The molecule has 0 rings (SSSR count). The summed E-state index contributed by atoms with van der Waals surface area (Å²) in [4.78, 5) is 50.5. The molecule has 0 aliphatic carbocycles. The number of isocyanates is 1. The van der Waals surface area contributed by atoms with Gasteiger partial charge >= 0.3 is 18.0 Å². The topological polar surface area (TPSA) is 172 Å². The third kappa shape index (κ3) is 17.2. The standard InChI is InChI=1S/C26H37N3O10/c1-5-11-34-15-26(16-35-12-6-2,17-38-23(31)21(3)4)18-39-25(33)28-10-14-37-24(32)22(29-20-30)9-7-8-13-36-19-27/h5-6,22H,1-3,7-18H2,4H3,(H,28,33). The lowest BCUT2D eigenvalue weighted by Crippen LogP contribution is -2.44. The second kappa shape index (κ2) is 22.0. The van der Waals surface area contributed by atoms with Crippen molar-refractivity contribution < 1.29 is 47.6 Å². The fourth-order valence-electron chi connectivity index (χ4n) is 2.84. The lowest BCUT2D eigenvalue weighted by atomic mass is 9.92.